The highest BCUT2D eigenvalue weighted by Crippen LogP contribution is 2.43. The molecule has 1 aliphatic heterocycles. The zero-order chi connectivity index (χ0) is 6.86. The molecule has 2 aliphatic rings. The first-order valence-corrected chi connectivity index (χ1v) is 4.26. The summed E-state index contributed by atoms with van der Waals surface area (Å²) < 4.78 is 5.72. The summed E-state index contributed by atoms with van der Waals surface area (Å²) in [5, 5.41) is 3.33. The summed E-state index contributed by atoms with van der Waals surface area (Å²) in [6.45, 7) is 3.15. The van der Waals surface area contributed by atoms with Crippen molar-refractivity contribution in [3.05, 3.63) is 0 Å². The summed E-state index contributed by atoms with van der Waals surface area (Å²) in [5.41, 5.74) is 0.363. The average Bonchev–Trinajstić information content (AvgIpc) is 2.61. The molecule has 0 amide bonds. The van der Waals surface area contributed by atoms with Gasteiger partial charge in [0.05, 0.1) is 12.2 Å². The summed E-state index contributed by atoms with van der Waals surface area (Å²) in [5.74, 6) is 0. The van der Waals surface area contributed by atoms with Crippen LogP contribution in [0.5, 0.6) is 0 Å². The zero-order valence-corrected chi connectivity index (χ0v) is 6.36. The largest absolute Gasteiger partial charge is 0.374 e. The van der Waals surface area contributed by atoms with Crippen molar-refractivity contribution in [2.75, 3.05) is 19.7 Å². The molecule has 2 heteroatoms. The fourth-order valence-electron chi connectivity index (χ4n) is 1.61. The van der Waals surface area contributed by atoms with Gasteiger partial charge in [0.25, 0.3) is 0 Å². The van der Waals surface area contributed by atoms with Gasteiger partial charge in [-0.05, 0) is 32.2 Å². The highest BCUT2D eigenvalue weighted by atomic mass is 16.5. The van der Waals surface area contributed by atoms with Crippen molar-refractivity contribution in [1.82, 2.24) is 5.32 Å². The fourth-order valence-corrected chi connectivity index (χ4v) is 1.61. The Hall–Kier alpha value is -0.0800. The minimum Gasteiger partial charge on any atom is -0.374 e. The molecule has 1 heterocycles. The van der Waals surface area contributed by atoms with Crippen LogP contribution >= 0.6 is 0 Å². The number of rotatable bonds is 0. The number of ether oxygens (including phenoxy) is 1. The second-order valence-electron chi connectivity index (χ2n) is 3.39. The molecule has 0 aromatic rings. The van der Waals surface area contributed by atoms with Crippen LogP contribution in [0.4, 0.5) is 0 Å². The van der Waals surface area contributed by atoms with Gasteiger partial charge in [-0.2, -0.15) is 0 Å². The first-order chi connectivity index (χ1) is 4.91. The second kappa shape index (κ2) is 2.51. The smallest absolute Gasteiger partial charge is 0.0685 e. The van der Waals surface area contributed by atoms with Crippen molar-refractivity contribution in [3.63, 3.8) is 0 Å². The van der Waals surface area contributed by atoms with Crippen molar-refractivity contribution in [2.45, 2.75) is 31.3 Å². The summed E-state index contributed by atoms with van der Waals surface area (Å²) in [6.07, 6.45) is 5.19. The van der Waals surface area contributed by atoms with Crippen LogP contribution in [0.3, 0.4) is 0 Å². The van der Waals surface area contributed by atoms with E-state index in [0.717, 1.165) is 13.2 Å². The Morgan fingerprint density at radius 2 is 2.00 bits per heavy atom. The van der Waals surface area contributed by atoms with Gasteiger partial charge >= 0.3 is 0 Å². The molecule has 0 unspecified atom stereocenters. The van der Waals surface area contributed by atoms with Gasteiger partial charge in [0.15, 0.2) is 0 Å². The van der Waals surface area contributed by atoms with Crippen LogP contribution in [0.2, 0.25) is 0 Å². The van der Waals surface area contributed by atoms with Gasteiger partial charge in [-0.25, -0.2) is 0 Å². The maximum Gasteiger partial charge on any atom is 0.0685 e. The minimum absolute atomic E-state index is 0.363. The first-order valence-electron chi connectivity index (χ1n) is 4.26. The van der Waals surface area contributed by atoms with Gasteiger partial charge in [-0.3, -0.25) is 0 Å². The summed E-state index contributed by atoms with van der Waals surface area (Å²) in [7, 11) is 0. The van der Waals surface area contributed by atoms with E-state index in [9.17, 15) is 0 Å². The van der Waals surface area contributed by atoms with Crippen LogP contribution in [0.15, 0.2) is 0 Å². The highest BCUT2D eigenvalue weighted by molar-refractivity contribution is 4.96. The van der Waals surface area contributed by atoms with Gasteiger partial charge < -0.3 is 10.1 Å². The molecular formula is C8H15NO. The van der Waals surface area contributed by atoms with Crippen LogP contribution in [0.1, 0.15) is 25.7 Å². The molecule has 2 nitrogen and oxygen atoms in total. The van der Waals surface area contributed by atoms with Gasteiger partial charge in [0, 0.05) is 6.54 Å². The van der Waals surface area contributed by atoms with E-state index in [1.165, 1.54) is 32.2 Å². The molecule has 1 saturated carbocycles. The van der Waals surface area contributed by atoms with Crippen molar-refractivity contribution >= 4 is 0 Å². The molecule has 0 aromatic carbocycles. The number of hydrogen-bond acceptors (Lipinski definition) is 2. The monoisotopic (exact) mass is 141 g/mol. The maximum absolute atomic E-state index is 5.72. The number of hydrogen-bond donors (Lipinski definition) is 1. The predicted octanol–water partition coefficient (Wildman–Crippen LogP) is 0.919. The molecule has 1 aliphatic carbocycles. The third kappa shape index (κ3) is 1.32. The lowest BCUT2D eigenvalue weighted by Crippen LogP contribution is -2.29. The Labute approximate surface area is 61.9 Å². The quantitative estimate of drug-likeness (QED) is 0.541. The molecule has 0 aromatic heterocycles. The van der Waals surface area contributed by atoms with E-state index in [-0.39, 0.29) is 0 Å². The van der Waals surface area contributed by atoms with Crippen LogP contribution in [0, 0.1) is 0 Å². The Bertz CT molecular complexity index is 110. The lowest BCUT2D eigenvalue weighted by Gasteiger charge is -2.19. The molecule has 10 heavy (non-hydrogen) atoms. The third-order valence-electron chi connectivity index (χ3n) is 2.48. The summed E-state index contributed by atoms with van der Waals surface area (Å²) >= 11 is 0. The van der Waals surface area contributed by atoms with Crippen molar-refractivity contribution < 1.29 is 4.74 Å². The Morgan fingerprint density at radius 1 is 1.10 bits per heavy atom. The molecule has 2 rings (SSSR count). The third-order valence-corrected chi connectivity index (χ3v) is 2.48. The lowest BCUT2D eigenvalue weighted by molar-refractivity contribution is 0.0206. The molecule has 58 valence electrons. The van der Waals surface area contributed by atoms with E-state index < -0.39 is 0 Å². The molecule has 0 atom stereocenters. The van der Waals surface area contributed by atoms with Gasteiger partial charge in [0.1, 0.15) is 0 Å². The predicted molar refractivity (Wildman–Crippen MR) is 40.0 cm³/mol. The van der Waals surface area contributed by atoms with Crippen LogP contribution in [-0.2, 0) is 4.74 Å². The van der Waals surface area contributed by atoms with E-state index in [4.69, 9.17) is 4.74 Å². The summed E-state index contributed by atoms with van der Waals surface area (Å²) in [4.78, 5) is 0. The molecule has 0 bridgehead atoms. The fraction of sp³-hybridized carbons (Fsp3) is 1.00. The van der Waals surface area contributed by atoms with E-state index in [1.807, 2.05) is 0 Å². The lowest BCUT2D eigenvalue weighted by atomic mass is 10.1. The van der Waals surface area contributed by atoms with Crippen LogP contribution < -0.4 is 5.32 Å². The molecule has 1 N–H and O–H groups in total. The normalized spacial score (nSPS) is 31.2. The first kappa shape index (κ1) is 6.62. The van der Waals surface area contributed by atoms with Crippen LogP contribution in [0.25, 0.3) is 0 Å². The Balaban J connectivity index is 1.84. The van der Waals surface area contributed by atoms with E-state index in [2.05, 4.69) is 5.32 Å². The van der Waals surface area contributed by atoms with E-state index >= 15 is 0 Å². The molecule has 1 spiro atoms. The molecular weight excluding hydrogens is 126 g/mol. The topological polar surface area (TPSA) is 21.3 Å². The summed E-state index contributed by atoms with van der Waals surface area (Å²) in [6, 6.07) is 0. The zero-order valence-electron chi connectivity index (χ0n) is 6.36. The van der Waals surface area contributed by atoms with Crippen molar-refractivity contribution in [1.29, 1.82) is 0 Å². The van der Waals surface area contributed by atoms with Gasteiger partial charge in [-0.1, -0.05) is 0 Å². The van der Waals surface area contributed by atoms with Crippen molar-refractivity contribution in [3.8, 4) is 0 Å². The van der Waals surface area contributed by atoms with E-state index in [1.54, 1.807) is 0 Å². The standard InChI is InChI=1S/C8H15NO/c1-2-8(3-4-8)10-7-6-9-5-1/h9H,1-7H2. The van der Waals surface area contributed by atoms with Gasteiger partial charge in [-0.15, -0.1) is 0 Å². The SMILES string of the molecule is C1CNCCOC2(C1)CC2. The number of nitrogens with one attached hydrogen (secondary N) is 1. The molecule has 1 saturated heterocycles. The molecule has 2 fully saturated rings. The highest BCUT2D eigenvalue weighted by Gasteiger charge is 2.43. The van der Waals surface area contributed by atoms with Crippen LogP contribution in [-0.4, -0.2) is 25.3 Å². The van der Waals surface area contributed by atoms with Gasteiger partial charge in [0.2, 0.25) is 0 Å². The van der Waals surface area contributed by atoms with Crippen molar-refractivity contribution in [2.24, 2.45) is 0 Å². The molecule has 0 radical (unpaired) electrons. The minimum atomic E-state index is 0.363. The maximum atomic E-state index is 5.72. The average molecular weight is 141 g/mol. The Morgan fingerprint density at radius 3 is 2.80 bits per heavy atom. The van der Waals surface area contributed by atoms with E-state index in [0.29, 0.717) is 5.60 Å². The second-order valence-corrected chi connectivity index (χ2v) is 3.39. The Kier molecular flexibility index (Phi) is 1.66.